The number of benzene rings is 2. The van der Waals surface area contributed by atoms with Crippen LogP contribution in [0.2, 0.25) is 0 Å². The van der Waals surface area contributed by atoms with E-state index in [1.54, 1.807) is 0 Å². The van der Waals surface area contributed by atoms with Crippen LogP contribution in [0.3, 0.4) is 0 Å². The number of halogens is 1. The van der Waals surface area contributed by atoms with Gasteiger partial charge in [0.15, 0.2) is 0 Å². The fourth-order valence-electron chi connectivity index (χ4n) is 2.34. The predicted molar refractivity (Wildman–Crippen MR) is 93.8 cm³/mol. The van der Waals surface area contributed by atoms with Gasteiger partial charge in [-0.05, 0) is 25.6 Å². The molecule has 118 valence electrons. The third-order valence-corrected chi connectivity index (χ3v) is 4.35. The van der Waals surface area contributed by atoms with E-state index in [0.29, 0.717) is 18.3 Å². The van der Waals surface area contributed by atoms with E-state index in [9.17, 15) is 0 Å². The van der Waals surface area contributed by atoms with Crippen LogP contribution in [-0.4, -0.2) is 22.1 Å². The summed E-state index contributed by atoms with van der Waals surface area (Å²) in [7, 11) is 2.04. The van der Waals surface area contributed by atoms with Crippen molar-refractivity contribution in [2.45, 2.75) is 20.0 Å². The zero-order valence-corrected chi connectivity index (χ0v) is 14.7. The number of rotatable bonds is 5. The van der Waals surface area contributed by atoms with E-state index in [-0.39, 0.29) is 0 Å². The van der Waals surface area contributed by atoms with Crippen LogP contribution in [0.1, 0.15) is 17.0 Å². The third kappa shape index (κ3) is 4.06. The minimum atomic E-state index is 0.611. The Kier molecular flexibility index (Phi) is 4.88. The molecule has 0 spiro atoms. The lowest BCUT2D eigenvalue weighted by molar-refractivity contribution is 0.260. The highest BCUT2D eigenvalue weighted by Gasteiger charge is 2.11. The summed E-state index contributed by atoms with van der Waals surface area (Å²) >= 11 is 3.57. The first-order valence-corrected chi connectivity index (χ1v) is 8.22. The summed E-state index contributed by atoms with van der Waals surface area (Å²) in [6, 6.07) is 16.3. The average Bonchev–Trinajstić information content (AvgIpc) is 2.98. The van der Waals surface area contributed by atoms with E-state index in [1.165, 1.54) is 11.1 Å². The van der Waals surface area contributed by atoms with Gasteiger partial charge in [0.05, 0.1) is 6.54 Å². The minimum Gasteiger partial charge on any atom is -0.338 e. The largest absolute Gasteiger partial charge is 0.338 e. The third-order valence-electron chi connectivity index (χ3n) is 3.58. The highest BCUT2D eigenvalue weighted by Crippen LogP contribution is 2.19. The average molecular weight is 372 g/mol. The van der Waals surface area contributed by atoms with Gasteiger partial charge >= 0.3 is 0 Å². The van der Waals surface area contributed by atoms with Crippen LogP contribution in [0, 0.1) is 6.92 Å². The molecule has 3 rings (SSSR count). The molecular weight excluding hydrogens is 354 g/mol. The standard InChI is InChI=1S/C18H18BrN3O/c1-13-7-9-14(10-8-13)18-20-17(23-21-18)12-22(2)11-15-5-3-4-6-16(15)19/h3-10H,11-12H2,1-2H3. The highest BCUT2D eigenvalue weighted by atomic mass is 79.9. The Morgan fingerprint density at radius 1 is 1.04 bits per heavy atom. The Hall–Kier alpha value is -1.98. The van der Waals surface area contributed by atoms with Gasteiger partial charge in [0, 0.05) is 16.6 Å². The molecule has 4 nitrogen and oxygen atoms in total. The second-order valence-electron chi connectivity index (χ2n) is 5.64. The van der Waals surface area contributed by atoms with Crippen LogP contribution < -0.4 is 0 Å². The number of aromatic nitrogens is 2. The van der Waals surface area contributed by atoms with E-state index >= 15 is 0 Å². The fourth-order valence-corrected chi connectivity index (χ4v) is 2.75. The first kappa shape index (κ1) is 15.9. The van der Waals surface area contributed by atoms with Gasteiger partial charge in [-0.3, -0.25) is 4.90 Å². The van der Waals surface area contributed by atoms with Crippen molar-refractivity contribution in [3.05, 3.63) is 70.0 Å². The molecule has 2 aromatic carbocycles. The normalized spacial score (nSPS) is 11.1. The van der Waals surface area contributed by atoms with Gasteiger partial charge < -0.3 is 4.52 Å². The molecule has 0 N–H and O–H groups in total. The quantitative estimate of drug-likeness (QED) is 0.664. The molecule has 3 aromatic rings. The van der Waals surface area contributed by atoms with Crippen molar-refractivity contribution < 1.29 is 4.52 Å². The topological polar surface area (TPSA) is 42.2 Å². The van der Waals surface area contributed by atoms with Crippen molar-refractivity contribution in [2.24, 2.45) is 0 Å². The van der Waals surface area contributed by atoms with Crippen molar-refractivity contribution in [1.82, 2.24) is 15.0 Å². The number of hydrogen-bond acceptors (Lipinski definition) is 4. The maximum Gasteiger partial charge on any atom is 0.241 e. The highest BCUT2D eigenvalue weighted by molar-refractivity contribution is 9.10. The van der Waals surface area contributed by atoms with Crippen molar-refractivity contribution in [2.75, 3.05) is 7.05 Å². The maximum atomic E-state index is 5.37. The van der Waals surface area contributed by atoms with Crippen LogP contribution in [0.25, 0.3) is 11.4 Å². The van der Waals surface area contributed by atoms with Crippen LogP contribution in [-0.2, 0) is 13.1 Å². The summed E-state index contributed by atoms with van der Waals surface area (Å²) in [6.45, 7) is 3.48. The molecule has 1 aromatic heterocycles. The summed E-state index contributed by atoms with van der Waals surface area (Å²) in [4.78, 5) is 6.63. The molecular formula is C18H18BrN3O. The monoisotopic (exact) mass is 371 g/mol. The first-order valence-electron chi connectivity index (χ1n) is 7.43. The molecule has 0 saturated carbocycles. The molecule has 0 bridgehead atoms. The van der Waals surface area contributed by atoms with Gasteiger partial charge in [0.25, 0.3) is 0 Å². The summed E-state index contributed by atoms with van der Waals surface area (Å²) in [5, 5.41) is 4.07. The zero-order valence-electron chi connectivity index (χ0n) is 13.2. The molecule has 0 atom stereocenters. The summed E-state index contributed by atoms with van der Waals surface area (Å²) in [5.41, 5.74) is 3.41. The Balaban J connectivity index is 1.67. The first-order chi connectivity index (χ1) is 11.1. The Labute approximate surface area is 144 Å². The van der Waals surface area contributed by atoms with Gasteiger partial charge in [0.1, 0.15) is 0 Å². The second kappa shape index (κ2) is 7.06. The molecule has 0 aliphatic carbocycles. The number of nitrogens with zero attached hydrogens (tertiary/aromatic N) is 3. The second-order valence-corrected chi connectivity index (χ2v) is 6.50. The summed E-state index contributed by atoms with van der Waals surface area (Å²) < 4.78 is 6.48. The molecule has 23 heavy (non-hydrogen) atoms. The molecule has 0 amide bonds. The maximum absolute atomic E-state index is 5.37. The Bertz CT molecular complexity index is 783. The number of hydrogen-bond donors (Lipinski definition) is 0. The molecule has 0 aliphatic rings. The van der Waals surface area contributed by atoms with Gasteiger partial charge in [0.2, 0.25) is 11.7 Å². The summed E-state index contributed by atoms with van der Waals surface area (Å²) in [6.07, 6.45) is 0. The molecule has 1 heterocycles. The predicted octanol–water partition coefficient (Wildman–Crippen LogP) is 4.44. The lowest BCUT2D eigenvalue weighted by atomic mass is 10.1. The van der Waals surface area contributed by atoms with Crippen LogP contribution in [0.5, 0.6) is 0 Å². The SMILES string of the molecule is Cc1ccc(-c2noc(CN(C)Cc3ccccc3Br)n2)cc1. The number of aryl methyl sites for hydroxylation is 1. The van der Waals surface area contributed by atoms with Crippen LogP contribution >= 0.6 is 15.9 Å². The molecule has 0 radical (unpaired) electrons. The molecule has 0 unspecified atom stereocenters. The minimum absolute atomic E-state index is 0.611. The molecule has 0 saturated heterocycles. The summed E-state index contributed by atoms with van der Waals surface area (Å²) in [5.74, 6) is 1.25. The van der Waals surface area contributed by atoms with E-state index < -0.39 is 0 Å². The van der Waals surface area contributed by atoms with E-state index in [0.717, 1.165) is 16.6 Å². The van der Waals surface area contributed by atoms with Gasteiger partial charge in [-0.1, -0.05) is 69.1 Å². The van der Waals surface area contributed by atoms with Crippen molar-refractivity contribution in [1.29, 1.82) is 0 Å². The zero-order chi connectivity index (χ0) is 16.2. The molecule has 0 fully saturated rings. The fraction of sp³-hybridized carbons (Fsp3) is 0.222. The lowest BCUT2D eigenvalue weighted by Gasteiger charge is -2.15. The van der Waals surface area contributed by atoms with Crippen LogP contribution in [0.15, 0.2) is 57.5 Å². The van der Waals surface area contributed by atoms with E-state index in [2.05, 4.69) is 44.0 Å². The van der Waals surface area contributed by atoms with Crippen molar-refractivity contribution in [3.8, 4) is 11.4 Å². The molecule has 0 aliphatic heterocycles. The van der Waals surface area contributed by atoms with Crippen LogP contribution in [0.4, 0.5) is 0 Å². The van der Waals surface area contributed by atoms with Gasteiger partial charge in [-0.15, -0.1) is 0 Å². The van der Waals surface area contributed by atoms with E-state index in [1.807, 2.05) is 49.5 Å². The van der Waals surface area contributed by atoms with Gasteiger partial charge in [-0.25, -0.2) is 0 Å². The smallest absolute Gasteiger partial charge is 0.241 e. The Morgan fingerprint density at radius 3 is 2.52 bits per heavy atom. The lowest BCUT2D eigenvalue weighted by Crippen LogP contribution is -2.17. The van der Waals surface area contributed by atoms with Gasteiger partial charge in [-0.2, -0.15) is 4.98 Å². The van der Waals surface area contributed by atoms with Crippen molar-refractivity contribution in [3.63, 3.8) is 0 Å². The van der Waals surface area contributed by atoms with Crippen molar-refractivity contribution >= 4 is 15.9 Å². The van der Waals surface area contributed by atoms with E-state index in [4.69, 9.17) is 4.52 Å². The molecule has 5 heteroatoms. The Morgan fingerprint density at radius 2 is 1.78 bits per heavy atom.